The lowest BCUT2D eigenvalue weighted by molar-refractivity contribution is -0.133. The van der Waals surface area contributed by atoms with Gasteiger partial charge in [0.25, 0.3) is 0 Å². The molecule has 0 amide bonds. The summed E-state index contributed by atoms with van der Waals surface area (Å²) < 4.78 is 0. The molecular formula is C9H17N3O2S. The van der Waals surface area contributed by atoms with E-state index in [1.807, 2.05) is 0 Å². The van der Waals surface area contributed by atoms with Crippen LogP contribution in [0.1, 0.15) is 32.1 Å². The van der Waals surface area contributed by atoms with Gasteiger partial charge in [0.15, 0.2) is 5.70 Å². The van der Waals surface area contributed by atoms with Crippen LogP contribution in [-0.2, 0) is 4.79 Å². The number of aliphatic carboxylic acids is 1. The molecule has 0 bridgehead atoms. The second-order valence-corrected chi connectivity index (χ2v) is 4.91. The van der Waals surface area contributed by atoms with Gasteiger partial charge in [-0.05, 0) is 12.8 Å². The predicted octanol–water partition coefficient (Wildman–Crippen LogP) is 0.728. The van der Waals surface area contributed by atoms with E-state index in [0.717, 1.165) is 12.8 Å². The molecule has 0 aromatic heterocycles. The van der Waals surface area contributed by atoms with Crippen LogP contribution in [0.15, 0.2) is 10.7 Å². The van der Waals surface area contributed by atoms with Gasteiger partial charge >= 0.3 is 5.97 Å². The van der Waals surface area contributed by atoms with Crippen LogP contribution in [0.2, 0.25) is 0 Å². The molecule has 5 nitrogen and oxygen atoms in total. The van der Waals surface area contributed by atoms with Crippen molar-refractivity contribution < 1.29 is 9.90 Å². The Hall–Kier alpha value is -0.880. The van der Waals surface area contributed by atoms with Crippen molar-refractivity contribution in [3.05, 3.63) is 10.7 Å². The molecule has 1 aliphatic rings. The van der Waals surface area contributed by atoms with E-state index in [-0.39, 0.29) is 10.7 Å². The molecule has 0 unspecified atom stereocenters. The summed E-state index contributed by atoms with van der Waals surface area (Å²) in [4.78, 5) is 10.7. The van der Waals surface area contributed by atoms with E-state index in [4.69, 9.17) is 16.7 Å². The van der Waals surface area contributed by atoms with Gasteiger partial charge in [-0.1, -0.05) is 19.3 Å². The molecule has 0 heterocycles. The number of carboxylic acid groups (broad SMARTS) is 1. The van der Waals surface area contributed by atoms with E-state index in [9.17, 15) is 4.79 Å². The molecule has 0 aromatic rings. The maximum atomic E-state index is 10.7. The Kier molecular flexibility index (Phi) is 4.77. The number of carboxylic acids is 1. The van der Waals surface area contributed by atoms with E-state index in [1.54, 1.807) is 0 Å². The quantitative estimate of drug-likeness (QED) is 0.323. The third kappa shape index (κ3) is 3.64. The largest absolute Gasteiger partial charge is 0.476 e. The summed E-state index contributed by atoms with van der Waals surface area (Å²) in [5.41, 5.74) is 7.70. The number of rotatable bonds is 4. The smallest absolute Gasteiger partial charge is 0.356 e. The molecular weight excluding hydrogens is 214 g/mol. The number of thioether (sulfide) groups is 1. The van der Waals surface area contributed by atoms with Crippen LogP contribution >= 0.6 is 11.8 Å². The highest BCUT2D eigenvalue weighted by atomic mass is 32.2. The molecule has 6 heteroatoms. The van der Waals surface area contributed by atoms with Gasteiger partial charge < -0.3 is 16.3 Å². The number of hydrogen-bond donors (Lipinski definition) is 4. The molecule has 0 aromatic carbocycles. The van der Waals surface area contributed by atoms with Crippen molar-refractivity contribution in [1.82, 2.24) is 5.43 Å². The lowest BCUT2D eigenvalue weighted by Crippen LogP contribution is -2.30. The van der Waals surface area contributed by atoms with Gasteiger partial charge in [0.05, 0.1) is 5.03 Å². The predicted molar refractivity (Wildman–Crippen MR) is 60.6 cm³/mol. The molecule has 0 saturated heterocycles. The van der Waals surface area contributed by atoms with Gasteiger partial charge in [-0.15, -0.1) is 11.8 Å². The lowest BCUT2D eigenvalue weighted by Gasteiger charge is -2.21. The van der Waals surface area contributed by atoms with Crippen LogP contribution in [0.5, 0.6) is 0 Å². The van der Waals surface area contributed by atoms with E-state index in [0.29, 0.717) is 5.25 Å². The zero-order chi connectivity index (χ0) is 11.3. The third-order valence-electron chi connectivity index (χ3n) is 2.45. The van der Waals surface area contributed by atoms with Crippen LogP contribution in [0.3, 0.4) is 0 Å². The van der Waals surface area contributed by atoms with Crippen LogP contribution in [0.25, 0.3) is 0 Å². The number of carbonyl (C=O) groups is 1. The molecule has 0 atom stereocenters. The summed E-state index contributed by atoms with van der Waals surface area (Å²) in [6, 6.07) is 0. The van der Waals surface area contributed by atoms with E-state index >= 15 is 0 Å². The van der Waals surface area contributed by atoms with Crippen molar-refractivity contribution in [1.29, 1.82) is 0 Å². The topological polar surface area (TPSA) is 101 Å². The van der Waals surface area contributed by atoms with E-state index in [2.05, 4.69) is 5.43 Å². The fraction of sp³-hybridized carbons (Fsp3) is 0.667. The zero-order valence-corrected chi connectivity index (χ0v) is 9.35. The SMILES string of the molecule is NN/C(C(=O)O)=C(\N)SC1CCCCC1. The van der Waals surface area contributed by atoms with Crippen molar-refractivity contribution in [3.63, 3.8) is 0 Å². The molecule has 1 rings (SSSR count). The van der Waals surface area contributed by atoms with Gasteiger partial charge in [-0.2, -0.15) is 0 Å². The van der Waals surface area contributed by atoms with Crippen LogP contribution in [0, 0.1) is 0 Å². The third-order valence-corrected chi connectivity index (χ3v) is 3.71. The first-order chi connectivity index (χ1) is 7.15. The Morgan fingerprint density at radius 2 is 1.93 bits per heavy atom. The molecule has 0 spiro atoms. The highest BCUT2D eigenvalue weighted by Crippen LogP contribution is 2.31. The van der Waals surface area contributed by atoms with Crippen molar-refractivity contribution in [2.24, 2.45) is 11.6 Å². The van der Waals surface area contributed by atoms with Gasteiger partial charge in [-0.25, -0.2) is 4.79 Å². The van der Waals surface area contributed by atoms with Gasteiger partial charge in [-0.3, -0.25) is 5.84 Å². The first kappa shape index (κ1) is 12.2. The van der Waals surface area contributed by atoms with Gasteiger partial charge in [0.1, 0.15) is 0 Å². The Balaban J connectivity index is 2.57. The first-order valence-electron chi connectivity index (χ1n) is 5.01. The van der Waals surface area contributed by atoms with Crippen molar-refractivity contribution in [2.45, 2.75) is 37.4 Å². The van der Waals surface area contributed by atoms with E-state index < -0.39 is 5.97 Å². The summed E-state index contributed by atoms with van der Waals surface area (Å²) in [6.45, 7) is 0. The van der Waals surface area contributed by atoms with Gasteiger partial charge in [0.2, 0.25) is 0 Å². The monoisotopic (exact) mass is 231 g/mol. The lowest BCUT2D eigenvalue weighted by atomic mass is 10.0. The Morgan fingerprint density at radius 1 is 1.33 bits per heavy atom. The second-order valence-electron chi connectivity index (χ2n) is 3.57. The normalized spacial score (nSPS) is 19.5. The molecule has 1 aliphatic carbocycles. The Bertz CT molecular complexity index is 262. The van der Waals surface area contributed by atoms with Crippen molar-refractivity contribution >= 4 is 17.7 Å². The van der Waals surface area contributed by atoms with Gasteiger partial charge in [0, 0.05) is 5.25 Å². The van der Waals surface area contributed by atoms with Crippen LogP contribution in [0.4, 0.5) is 0 Å². The average molecular weight is 231 g/mol. The summed E-state index contributed by atoms with van der Waals surface area (Å²) in [6.07, 6.45) is 5.86. The molecule has 15 heavy (non-hydrogen) atoms. The molecule has 0 radical (unpaired) electrons. The minimum Gasteiger partial charge on any atom is -0.476 e. The standard InChI is InChI=1S/C9H17N3O2S/c10-8(7(12-11)9(13)14)15-6-4-2-1-3-5-6/h6,12H,1-5,10-11H2,(H,13,14)/b8-7+. The molecule has 86 valence electrons. The van der Waals surface area contributed by atoms with Crippen LogP contribution < -0.4 is 17.0 Å². The Labute approximate surface area is 93.2 Å². The van der Waals surface area contributed by atoms with Crippen molar-refractivity contribution in [3.8, 4) is 0 Å². The molecule has 0 aliphatic heterocycles. The number of nitrogens with one attached hydrogen (secondary N) is 1. The highest BCUT2D eigenvalue weighted by Gasteiger charge is 2.18. The summed E-state index contributed by atoms with van der Waals surface area (Å²) in [7, 11) is 0. The minimum atomic E-state index is -1.11. The maximum absolute atomic E-state index is 10.7. The molecule has 6 N–H and O–H groups in total. The fourth-order valence-electron chi connectivity index (χ4n) is 1.66. The molecule has 1 fully saturated rings. The fourth-order valence-corrected chi connectivity index (χ4v) is 2.85. The first-order valence-corrected chi connectivity index (χ1v) is 5.89. The number of nitrogens with two attached hydrogens (primary N) is 2. The molecule has 1 saturated carbocycles. The number of hydrazine groups is 1. The minimum absolute atomic E-state index is 0.106. The van der Waals surface area contributed by atoms with Crippen LogP contribution in [-0.4, -0.2) is 16.3 Å². The second kappa shape index (κ2) is 5.87. The Morgan fingerprint density at radius 3 is 2.40 bits per heavy atom. The maximum Gasteiger partial charge on any atom is 0.356 e. The number of hydrogen-bond acceptors (Lipinski definition) is 5. The van der Waals surface area contributed by atoms with Crippen molar-refractivity contribution in [2.75, 3.05) is 0 Å². The zero-order valence-electron chi connectivity index (χ0n) is 8.53. The average Bonchev–Trinajstić information content (AvgIpc) is 2.19. The summed E-state index contributed by atoms with van der Waals surface area (Å²) >= 11 is 1.42. The van der Waals surface area contributed by atoms with E-state index in [1.165, 1.54) is 31.0 Å². The highest BCUT2D eigenvalue weighted by molar-refractivity contribution is 8.03. The summed E-state index contributed by atoms with van der Waals surface area (Å²) in [5.74, 6) is 3.99. The summed E-state index contributed by atoms with van der Waals surface area (Å²) in [5, 5.41) is 9.49.